The standard InChI is InChI=1S/C21H19ClFN3O5/c22-15-5-11(23)2-1-10(15)7-24-20(29)14-8-25-9-16-26(12-3-4-13(6-12)31-16)21(30)17(25)19(28)18(14)27/h1-2,5,8,12-13,16,28H,3-4,6-7,9H2,(H,24,29)/t12-,13?,16?/m0/s1. The second-order valence-corrected chi connectivity index (χ2v) is 8.44. The predicted molar refractivity (Wildman–Crippen MR) is 107 cm³/mol. The van der Waals surface area contributed by atoms with E-state index in [2.05, 4.69) is 5.32 Å². The summed E-state index contributed by atoms with van der Waals surface area (Å²) in [6.07, 6.45) is 3.31. The Morgan fingerprint density at radius 3 is 2.90 bits per heavy atom. The van der Waals surface area contributed by atoms with Crippen LogP contribution in [0.2, 0.25) is 5.02 Å². The van der Waals surface area contributed by atoms with Crippen LogP contribution in [0.4, 0.5) is 4.39 Å². The van der Waals surface area contributed by atoms with Gasteiger partial charge in [0.05, 0.1) is 12.6 Å². The molecule has 2 aliphatic heterocycles. The van der Waals surface area contributed by atoms with Gasteiger partial charge < -0.3 is 24.6 Å². The van der Waals surface area contributed by atoms with E-state index in [1.54, 1.807) is 4.90 Å². The number of nitrogens with zero attached hydrogens (tertiary/aromatic N) is 2. The molecular weight excluding hydrogens is 429 g/mol. The zero-order valence-electron chi connectivity index (χ0n) is 16.3. The maximum absolute atomic E-state index is 13.2. The number of halogens is 2. The van der Waals surface area contributed by atoms with Gasteiger partial charge in [0.25, 0.3) is 11.8 Å². The fraction of sp³-hybridized carbons (Fsp3) is 0.381. The van der Waals surface area contributed by atoms with Crippen LogP contribution in [-0.4, -0.2) is 44.8 Å². The summed E-state index contributed by atoms with van der Waals surface area (Å²) in [5.74, 6) is -2.47. The number of hydrogen-bond acceptors (Lipinski definition) is 5. The first-order valence-corrected chi connectivity index (χ1v) is 10.4. The Morgan fingerprint density at radius 2 is 2.13 bits per heavy atom. The molecule has 2 bridgehead atoms. The highest BCUT2D eigenvalue weighted by molar-refractivity contribution is 6.31. The monoisotopic (exact) mass is 447 g/mol. The van der Waals surface area contributed by atoms with Gasteiger partial charge in [0, 0.05) is 23.8 Å². The van der Waals surface area contributed by atoms with E-state index in [4.69, 9.17) is 16.3 Å². The van der Waals surface area contributed by atoms with Crippen LogP contribution in [0.3, 0.4) is 0 Å². The number of carbonyl (C=O) groups is 2. The second kappa shape index (κ2) is 7.35. The van der Waals surface area contributed by atoms with Crippen molar-refractivity contribution < 1.29 is 23.8 Å². The molecule has 31 heavy (non-hydrogen) atoms. The second-order valence-electron chi connectivity index (χ2n) is 8.03. The lowest BCUT2D eigenvalue weighted by Crippen LogP contribution is -2.57. The number of aromatic nitrogens is 1. The van der Waals surface area contributed by atoms with Crippen molar-refractivity contribution in [1.29, 1.82) is 0 Å². The number of amides is 2. The number of benzene rings is 1. The molecule has 2 unspecified atom stereocenters. The van der Waals surface area contributed by atoms with Gasteiger partial charge in [-0.05, 0) is 37.0 Å². The highest BCUT2D eigenvalue weighted by atomic mass is 35.5. The number of pyridine rings is 1. The summed E-state index contributed by atoms with van der Waals surface area (Å²) < 4.78 is 20.6. The lowest BCUT2D eigenvalue weighted by atomic mass is 10.1. The third-order valence-corrected chi connectivity index (χ3v) is 6.51. The molecule has 2 fully saturated rings. The summed E-state index contributed by atoms with van der Waals surface area (Å²) in [5, 5.41) is 13.2. The van der Waals surface area contributed by atoms with Crippen LogP contribution < -0.4 is 10.7 Å². The molecule has 2 N–H and O–H groups in total. The average Bonchev–Trinajstić information content (AvgIpc) is 3.10. The molecule has 3 atom stereocenters. The first-order valence-electron chi connectivity index (χ1n) is 10.00. The van der Waals surface area contributed by atoms with Crippen molar-refractivity contribution >= 4 is 23.4 Å². The smallest absolute Gasteiger partial charge is 0.276 e. The Morgan fingerprint density at radius 1 is 1.32 bits per heavy atom. The van der Waals surface area contributed by atoms with Crippen LogP contribution in [-0.2, 0) is 17.8 Å². The predicted octanol–water partition coefficient (Wildman–Crippen LogP) is 2.01. The SMILES string of the molecule is O=C(NCc1ccc(F)cc1Cl)c1cn2c(c(O)c1=O)C(=O)N1C(C2)OC2CC[C@H]1C2. The number of aromatic hydroxyl groups is 1. The Hall–Kier alpha value is -2.91. The summed E-state index contributed by atoms with van der Waals surface area (Å²) in [6, 6.07) is 3.79. The van der Waals surface area contributed by atoms with Crippen LogP contribution in [0, 0.1) is 5.82 Å². The number of rotatable bonds is 3. The van der Waals surface area contributed by atoms with Gasteiger partial charge in [-0.25, -0.2) is 4.39 Å². The van der Waals surface area contributed by atoms with E-state index in [1.807, 2.05) is 0 Å². The first-order chi connectivity index (χ1) is 14.8. The van der Waals surface area contributed by atoms with Gasteiger partial charge in [-0.15, -0.1) is 0 Å². The number of nitrogens with one attached hydrogen (secondary N) is 1. The van der Waals surface area contributed by atoms with Gasteiger partial charge in [0.2, 0.25) is 5.43 Å². The van der Waals surface area contributed by atoms with Crippen molar-refractivity contribution in [2.45, 2.75) is 50.7 Å². The largest absolute Gasteiger partial charge is 0.503 e. The molecule has 162 valence electrons. The number of ether oxygens (including phenoxy) is 1. The van der Waals surface area contributed by atoms with E-state index < -0.39 is 35.0 Å². The molecule has 1 aromatic carbocycles. The van der Waals surface area contributed by atoms with E-state index in [9.17, 15) is 23.9 Å². The molecule has 3 aliphatic rings. The van der Waals surface area contributed by atoms with Crippen LogP contribution >= 0.6 is 11.6 Å². The third-order valence-electron chi connectivity index (χ3n) is 6.16. The number of hydrogen-bond donors (Lipinski definition) is 2. The van der Waals surface area contributed by atoms with Crippen LogP contribution in [0.1, 0.15) is 45.7 Å². The Bertz CT molecular complexity index is 1170. The Balaban J connectivity index is 1.43. The minimum Gasteiger partial charge on any atom is -0.503 e. The zero-order valence-corrected chi connectivity index (χ0v) is 17.1. The van der Waals surface area contributed by atoms with Crippen molar-refractivity contribution in [2.24, 2.45) is 0 Å². The molecular formula is C21H19ClFN3O5. The molecule has 1 saturated heterocycles. The Kier molecular flexibility index (Phi) is 4.75. The molecule has 1 saturated carbocycles. The highest BCUT2D eigenvalue weighted by Crippen LogP contribution is 2.38. The fourth-order valence-electron chi connectivity index (χ4n) is 4.65. The van der Waals surface area contributed by atoms with E-state index in [-0.39, 0.29) is 41.5 Å². The molecule has 5 rings (SSSR count). The normalized spacial score (nSPS) is 24.0. The van der Waals surface area contributed by atoms with Crippen molar-refractivity contribution in [2.75, 3.05) is 0 Å². The first kappa shape index (κ1) is 20.0. The van der Waals surface area contributed by atoms with Crippen molar-refractivity contribution in [3.05, 3.63) is 62.3 Å². The molecule has 3 heterocycles. The summed E-state index contributed by atoms with van der Waals surface area (Å²) >= 11 is 5.97. The van der Waals surface area contributed by atoms with E-state index >= 15 is 0 Å². The lowest BCUT2D eigenvalue weighted by molar-refractivity contribution is -0.132. The van der Waals surface area contributed by atoms with Crippen LogP contribution in [0.5, 0.6) is 5.75 Å². The summed E-state index contributed by atoms with van der Waals surface area (Å²) in [4.78, 5) is 40.0. The molecule has 0 radical (unpaired) electrons. The molecule has 8 nitrogen and oxygen atoms in total. The van der Waals surface area contributed by atoms with Gasteiger partial charge in [-0.3, -0.25) is 14.4 Å². The van der Waals surface area contributed by atoms with Crippen molar-refractivity contribution in [1.82, 2.24) is 14.8 Å². The van der Waals surface area contributed by atoms with Crippen molar-refractivity contribution in [3.8, 4) is 5.75 Å². The minimum absolute atomic E-state index is 0.0305. The average molecular weight is 448 g/mol. The summed E-state index contributed by atoms with van der Waals surface area (Å²) in [6.45, 7) is 0.174. The fourth-order valence-corrected chi connectivity index (χ4v) is 4.88. The van der Waals surface area contributed by atoms with E-state index in [0.29, 0.717) is 5.56 Å². The van der Waals surface area contributed by atoms with E-state index in [1.165, 1.54) is 22.9 Å². The van der Waals surface area contributed by atoms with Gasteiger partial charge in [0.1, 0.15) is 11.4 Å². The number of fused-ring (bicyclic) bond motifs is 5. The molecule has 1 aromatic heterocycles. The highest BCUT2D eigenvalue weighted by Gasteiger charge is 2.47. The van der Waals surface area contributed by atoms with Crippen LogP contribution in [0.25, 0.3) is 0 Å². The lowest BCUT2D eigenvalue weighted by Gasteiger charge is -2.44. The van der Waals surface area contributed by atoms with Crippen molar-refractivity contribution in [3.63, 3.8) is 0 Å². The van der Waals surface area contributed by atoms with Gasteiger partial charge in [-0.1, -0.05) is 17.7 Å². The Labute approximate surface area is 181 Å². The molecule has 1 aliphatic carbocycles. The molecule has 2 amide bonds. The quantitative estimate of drug-likeness (QED) is 0.749. The van der Waals surface area contributed by atoms with Gasteiger partial charge in [0.15, 0.2) is 17.7 Å². The topological polar surface area (TPSA) is 101 Å². The molecule has 10 heteroatoms. The summed E-state index contributed by atoms with van der Waals surface area (Å²) in [5.41, 5.74) is -0.897. The van der Waals surface area contributed by atoms with Gasteiger partial charge in [-0.2, -0.15) is 0 Å². The van der Waals surface area contributed by atoms with Gasteiger partial charge >= 0.3 is 0 Å². The minimum atomic E-state index is -0.928. The maximum Gasteiger partial charge on any atom is 0.276 e. The molecule has 2 aromatic rings. The number of carbonyl (C=O) groups excluding carboxylic acids is 2. The maximum atomic E-state index is 13.2. The summed E-state index contributed by atoms with van der Waals surface area (Å²) in [7, 11) is 0. The third kappa shape index (κ3) is 3.28. The zero-order chi connectivity index (χ0) is 21.9. The molecule has 0 spiro atoms. The van der Waals surface area contributed by atoms with Crippen LogP contribution in [0.15, 0.2) is 29.2 Å². The van der Waals surface area contributed by atoms with E-state index in [0.717, 1.165) is 25.3 Å².